The van der Waals surface area contributed by atoms with Gasteiger partial charge in [-0.2, -0.15) is 0 Å². The molecule has 1 aromatic heterocycles. The highest BCUT2D eigenvalue weighted by Gasteiger charge is 2.46. The number of ether oxygens (including phenoxy) is 2. The van der Waals surface area contributed by atoms with Crippen molar-refractivity contribution < 1.29 is 29.1 Å². The highest BCUT2D eigenvalue weighted by Crippen LogP contribution is 2.42. The van der Waals surface area contributed by atoms with Crippen molar-refractivity contribution in [3.8, 4) is 11.5 Å². The van der Waals surface area contributed by atoms with E-state index in [0.717, 1.165) is 0 Å². The summed E-state index contributed by atoms with van der Waals surface area (Å²) in [6.45, 7) is 0.0480. The van der Waals surface area contributed by atoms with Crippen LogP contribution in [0.3, 0.4) is 0 Å². The number of aliphatic hydroxyl groups is 1. The van der Waals surface area contributed by atoms with E-state index in [1.165, 1.54) is 29.2 Å². The summed E-state index contributed by atoms with van der Waals surface area (Å²) >= 11 is 0. The summed E-state index contributed by atoms with van der Waals surface area (Å²) in [7, 11) is 0. The summed E-state index contributed by atoms with van der Waals surface area (Å²) in [6, 6.07) is 12.7. The zero-order chi connectivity index (χ0) is 23.8. The Morgan fingerprint density at radius 2 is 1.94 bits per heavy atom. The molecule has 1 amide bonds. The maximum absolute atomic E-state index is 13.1. The molecule has 34 heavy (non-hydrogen) atoms. The van der Waals surface area contributed by atoms with Crippen LogP contribution in [-0.4, -0.2) is 38.4 Å². The van der Waals surface area contributed by atoms with Gasteiger partial charge in [0, 0.05) is 36.6 Å². The predicted octanol–water partition coefficient (Wildman–Crippen LogP) is 3.34. The number of nitro benzene ring substituents is 1. The van der Waals surface area contributed by atoms with Crippen LogP contribution in [0.5, 0.6) is 11.5 Å². The molecule has 5 rings (SSSR count). The molecule has 2 aliphatic heterocycles. The summed E-state index contributed by atoms with van der Waals surface area (Å²) < 4.78 is 10.6. The summed E-state index contributed by atoms with van der Waals surface area (Å²) in [5, 5.41) is 22.5. The first kappa shape index (κ1) is 21.1. The van der Waals surface area contributed by atoms with E-state index in [1.54, 1.807) is 42.7 Å². The quantitative estimate of drug-likeness (QED) is 0.202. The Morgan fingerprint density at radius 1 is 1.12 bits per heavy atom. The molecule has 0 spiro atoms. The van der Waals surface area contributed by atoms with Crippen LogP contribution >= 0.6 is 0 Å². The number of hydrogen-bond donors (Lipinski definition) is 1. The molecule has 1 atom stereocenters. The molecule has 0 saturated carbocycles. The Morgan fingerprint density at radius 3 is 2.71 bits per heavy atom. The number of rotatable bonds is 5. The van der Waals surface area contributed by atoms with Crippen LogP contribution in [0, 0.1) is 10.1 Å². The number of fused-ring (bicyclic) bond motifs is 1. The van der Waals surface area contributed by atoms with E-state index < -0.39 is 28.4 Å². The van der Waals surface area contributed by atoms with Crippen molar-refractivity contribution in [2.75, 3.05) is 6.79 Å². The average Bonchev–Trinajstić information content (AvgIpc) is 3.42. The fraction of sp³-hybridized carbons (Fsp3) is 0.125. The van der Waals surface area contributed by atoms with Gasteiger partial charge in [-0.15, -0.1) is 0 Å². The van der Waals surface area contributed by atoms with E-state index in [4.69, 9.17) is 9.47 Å². The molecule has 0 aliphatic carbocycles. The van der Waals surface area contributed by atoms with Gasteiger partial charge in [0.05, 0.1) is 16.5 Å². The number of ketones is 1. The van der Waals surface area contributed by atoms with Crippen molar-refractivity contribution in [2.24, 2.45) is 0 Å². The first-order chi connectivity index (χ1) is 16.4. The molecule has 2 aromatic carbocycles. The number of pyridine rings is 1. The molecule has 3 aromatic rings. The third-order valence-corrected chi connectivity index (χ3v) is 5.66. The van der Waals surface area contributed by atoms with Gasteiger partial charge < -0.3 is 19.5 Å². The summed E-state index contributed by atoms with van der Waals surface area (Å²) in [5.41, 5.74) is 0.849. The van der Waals surface area contributed by atoms with E-state index >= 15 is 0 Å². The van der Waals surface area contributed by atoms with Crippen LogP contribution in [0.15, 0.2) is 72.6 Å². The van der Waals surface area contributed by atoms with E-state index in [0.29, 0.717) is 22.6 Å². The van der Waals surface area contributed by atoms with Crippen molar-refractivity contribution >= 4 is 23.1 Å². The van der Waals surface area contributed by atoms with Crippen molar-refractivity contribution in [1.82, 2.24) is 9.88 Å². The first-order valence-corrected chi connectivity index (χ1v) is 10.3. The Bertz CT molecular complexity index is 1350. The molecular weight excluding hydrogens is 442 g/mol. The lowest BCUT2D eigenvalue weighted by atomic mass is 9.94. The van der Waals surface area contributed by atoms with Gasteiger partial charge in [0.15, 0.2) is 11.5 Å². The van der Waals surface area contributed by atoms with Gasteiger partial charge >= 0.3 is 0 Å². The number of carbonyl (C=O) groups is 2. The van der Waals surface area contributed by atoms with Crippen LogP contribution in [0.4, 0.5) is 5.69 Å². The number of non-ortho nitro benzene ring substituents is 1. The Labute approximate surface area is 192 Å². The maximum atomic E-state index is 13.1. The second-order valence-corrected chi connectivity index (χ2v) is 7.71. The smallest absolute Gasteiger partial charge is 0.295 e. The van der Waals surface area contributed by atoms with Gasteiger partial charge in [0.1, 0.15) is 5.76 Å². The zero-order valence-electron chi connectivity index (χ0n) is 17.6. The number of benzene rings is 2. The van der Waals surface area contributed by atoms with Crippen LogP contribution in [0.25, 0.3) is 5.76 Å². The Hall–Kier alpha value is -4.73. The molecule has 1 saturated heterocycles. The van der Waals surface area contributed by atoms with Crippen LogP contribution in [0.1, 0.15) is 22.7 Å². The lowest BCUT2D eigenvalue weighted by Crippen LogP contribution is -2.29. The number of Topliss-reactive ketones (excluding diaryl/α,β-unsaturated/α-hetero) is 1. The van der Waals surface area contributed by atoms with E-state index in [1.807, 2.05) is 0 Å². The van der Waals surface area contributed by atoms with Gasteiger partial charge in [0.25, 0.3) is 17.4 Å². The summed E-state index contributed by atoms with van der Waals surface area (Å²) in [4.78, 5) is 42.4. The third-order valence-electron chi connectivity index (χ3n) is 5.66. The minimum absolute atomic E-state index is 0.0176. The number of aliphatic hydroxyl groups excluding tert-OH is 1. The largest absolute Gasteiger partial charge is 0.507 e. The molecule has 1 fully saturated rings. The Balaban J connectivity index is 1.66. The third kappa shape index (κ3) is 3.60. The van der Waals surface area contributed by atoms with Gasteiger partial charge in [-0.1, -0.05) is 18.2 Å². The van der Waals surface area contributed by atoms with Gasteiger partial charge in [-0.05, 0) is 35.4 Å². The van der Waals surface area contributed by atoms with Crippen molar-refractivity contribution in [3.63, 3.8) is 0 Å². The van der Waals surface area contributed by atoms with Crippen LogP contribution in [-0.2, 0) is 16.1 Å². The highest BCUT2D eigenvalue weighted by atomic mass is 16.7. The molecule has 3 heterocycles. The van der Waals surface area contributed by atoms with E-state index in [-0.39, 0.29) is 30.2 Å². The summed E-state index contributed by atoms with van der Waals surface area (Å²) in [6.07, 6.45) is 3.14. The fourth-order valence-corrected chi connectivity index (χ4v) is 4.09. The molecule has 170 valence electrons. The molecule has 1 unspecified atom stereocenters. The van der Waals surface area contributed by atoms with Gasteiger partial charge in [-0.25, -0.2) is 0 Å². The second kappa shape index (κ2) is 8.32. The number of carbonyl (C=O) groups excluding carboxylic acids is 2. The SMILES string of the molecule is O=C1C(=O)N(Cc2cccnc2)C(c2cccc([N+](=O)[O-])c2)C1=C(O)c1ccc2c(c1)OCO2. The van der Waals surface area contributed by atoms with E-state index in [9.17, 15) is 24.8 Å². The molecule has 10 nitrogen and oxygen atoms in total. The minimum atomic E-state index is -1.05. The highest BCUT2D eigenvalue weighted by molar-refractivity contribution is 6.46. The molecule has 0 bridgehead atoms. The van der Waals surface area contributed by atoms with Crippen molar-refractivity contribution in [3.05, 3.63) is 99.4 Å². The Kier molecular flexibility index (Phi) is 5.17. The first-order valence-electron chi connectivity index (χ1n) is 10.3. The molecule has 0 radical (unpaired) electrons. The molecular formula is C24H17N3O7. The number of amides is 1. The number of nitrogens with zero attached hydrogens (tertiary/aromatic N) is 3. The summed E-state index contributed by atoms with van der Waals surface area (Å²) in [5.74, 6) is -1.26. The normalized spacial score (nSPS) is 18.4. The molecule has 10 heteroatoms. The van der Waals surface area contributed by atoms with Gasteiger partial charge in [0.2, 0.25) is 6.79 Å². The topological polar surface area (TPSA) is 132 Å². The van der Waals surface area contributed by atoms with Crippen molar-refractivity contribution in [2.45, 2.75) is 12.6 Å². The average molecular weight is 459 g/mol. The number of nitro groups is 1. The minimum Gasteiger partial charge on any atom is -0.507 e. The fourth-order valence-electron chi connectivity index (χ4n) is 4.09. The standard InChI is InChI=1S/C24H17N3O7/c28-22(16-6-7-18-19(10-16)34-13-33-18)20-21(15-4-1-5-17(9-15)27(31)32)26(24(30)23(20)29)12-14-3-2-8-25-11-14/h1-11,21,28H,12-13H2. The van der Waals surface area contributed by atoms with Crippen LogP contribution < -0.4 is 9.47 Å². The molecule has 1 N–H and O–H groups in total. The number of aromatic nitrogens is 1. The predicted molar refractivity (Wildman–Crippen MR) is 118 cm³/mol. The van der Waals surface area contributed by atoms with Gasteiger partial charge in [-0.3, -0.25) is 24.7 Å². The maximum Gasteiger partial charge on any atom is 0.295 e. The van der Waals surface area contributed by atoms with Crippen molar-refractivity contribution in [1.29, 1.82) is 0 Å². The monoisotopic (exact) mass is 459 g/mol. The number of likely N-dealkylation sites (tertiary alicyclic amines) is 1. The lowest BCUT2D eigenvalue weighted by molar-refractivity contribution is -0.384. The lowest BCUT2D eigenvalue weighted by Gasteiger charge is -2.25. The molecule has 2 aliphatic rings. The zero-order valence-corrected chi connectivity index (χ0v) is 17.6. The van der Waals surface area contributed by atoms with Crippen LogP contribution in [0.2, 0.25) is 0 Å². The van der Waals surface area contributed by atoms with E-state index in [2.05, 4.69) is 4.98 Å². The number of hydrogen-bond acceptors (Lipinski definition) is 8. The second-order valence-electron chi connectivity index (χ2n) is 7.71.